The van der Waals surface area contributed by atoms with Gasteiger partial charge in [0.05, 0.1) is 5.75 Å². The number of H-pyrrole nitrogens is 1. The molecule has 0 fully saturated rings. The third kappa shape index (κ3) is 5.63. The molecule has 2 N–H and O–H groups in total. The molecule has 0 atom stereocenters. The van der Waals surface area contributed by atoms with Gasteiger partial charge in [-0.25, -0.2) is 4.98 Å². The normalized spacial score (nSPS) is 11.6. The number of anilines is 1. The van der Waals surface area contributed by atoms with E-state index in [1.54, 1.807) is 6.07 Å². The number of thioether (sulfide) groups is 1. The molecule has 0 aliphatic heterocycles. The highest BCUT2D eigenvalue weighted by atomic mass is 32.2. The van der Waals surface area contributed by atoms with Gasteiger partial charge in [-0.1, -0.05) is 37.7 Å². The number of hydrogen-bond acceptors (Lipinski definition) is 4. The lowest BCUT2D eigenvalue weighted by atomic mass is 10.0. The van der Waals surface area contributed by atoms with Crippen molar-refractivity contribution >= 4 is 23.4 Å². The van der Waals surface area contributed by atoms with Gasteiger partial charge in [-0.2, -0.15) is 13.2 Å². The molecule has 0 saturated carbocycles. The Morgan fingerprint density at radius 2 is 2.04 bits per heavy atom. The van der Waals surface area contributed by atoms with Gasteiger partial charge >= 0.3 is 6.18 Å². The highest BCUT2D eigenvalue weighted by Crippen LogP contribution is 2.27. The average Bonchev–Trinajstić information content (AvgIpc) is 2.52. The molecule has 5 nitrogen and oxygen atoms in total. The quantitative estimate of drug-likeness (QED) is 0.622. The zero-order chi connectivity index (χ0) is 18.6. The number of amides is 1. The largest absolute Gasteiger partial charge is 0.433 e. The van der Waals surface area contributed by atoms with Gasteiger partial charge in [0, 0.05) is 11.8 Å². The van der Waals surface area contributed by atoms with Crippen LogP contribution in [0.25, 0.3) is 0 Å². The molecule has 1 heterocycles. The van der Waals surface area contributed by atoms with E-state index in [0.29, 0.717) is 17.7 Å². The van der Waals surface area contributed by atoms with Crippen LogP contribution in [0.5, 0.6) is 0 Å². The minimum Gasteiger partial charge on any atom is -0.325 e. The van der Waals surface area contributed by atoms with Crippen LogP contribution in [0.1, 0.15) is 31.0 Å². The SMILES string of the molecule is CC(C)c1cccc(NC(=O)CSc2nc(C(F)(F)F)cc(=O)[nH]2)c1. The Hall–Kier alpha value is -2.29. The predicted octanol–water partition coefficient (Wildman–Crippen LogP) is 3.64. The lowest BCUT2D eigenvalue weighted by molar-refractivity contribution is -0.141. The maximum absolute atomic E-state index is 12.6. The number of alkyl halides is 3. The first-order valence-electron chi connectivity index (χ1n) is 7.36. The van der Waals surface area contributed by atoms with Crippen molar-refractivity contribution in [2.75, 3.05) is 11.1 Å². The highest BCUT2D eigenvalue weighted by molar-refractivity contribution is 7.99. The maximum Gasteiger partial charge on any atom is 0.433 e. The summed E-state index contributed by atoms with van der Waals surface area (Å²) in [6, 6.07) is 7.67. The fraction of sp³-hybridized carbons (Fsp3) is 0.312. The second kappa shape index (κ2) is 7.73. The minimum atomic E-state index is -4.72. The second-order valence-electron chi connectivity index (χ2n) is 5.55. The van der Waals surface area contributed by atoms with Crippen LogP contribution in [0.15, 0.2) is 40.3 Å². The molecule has 0 bridgehead atoms. The van der Waals surface area contributed by atoms with E-state index in [-0.39, 0.29) is 10.9 Å². The number of aromatic nitrogens is 2. The van der Waals surface area contributed by atoms with E-state index in [0.717, 1.165) is 17.3 Å². The van der Waals surface area contributed by atoms with E-state index in [1.165, 1.54) is 0 Å². The molecular formula is C16H16F3N3O2S. The van der Waals surface area contributed by atoms with Gasteiger partial charge in [-0.05, 0) is 23.6 Å². The van der Waals surface area contributed by atoms with Crippen LogP contribution in [-0.2, 0) is 11.0 Å². The Morgan fingerprint density at radius 1 is 1.32 bits per heavy atom. The summed E-state index contributed by atoms with van der Waals surface area (Å²) in [6.07, 6.45) is -4.72. The number of hydrogen-bond donors (Lipinski definition) is 2. The molecule has 0 aliphatic rings. The Balaban J connectivity index is 2.02. The number of rotatable bonds is 5. The van der Waals surface area contributed by atoms with Gasteiger partial charge in [0.25, 0.3) is 5.56 Å². The average molecular weight is 371 g/mol. The van der Waals surface area contributed by atoms with Crippen LogP contribution in [0, 0.1) is 0 Å². The number of aromatic amines is 1. The molecule has 0 radical (unpaired) electrons. The van der Waals surface area contributed by atoms with Gasteiger partial charge in [0.1, 0.15) is 0 Å². The summed E-state index contributed by atoms with van der Waals surface area (Å²) in [5.41, 5.74) is -0.560. The van der Waals surface area contributed by atoms with E-state index in [2.05, 4.69) is 15.3 Å². The van der Waals surface area contributed by atoms with Gasteiger partial charge < -0.3 is 10.3 Å². The molecule has 0 spiro atoms. The first kappa shape index (κ1) is 19.0. The molecule has 0 saturated heterocycles. The molecule has 0 unspecified atom stereocenters. The fourth-order valence-corrected chi connectivity index (χ4v) is 2.63. The first-order valence-corrected chi connectivity index (χ1v) is 8.35. The van der Waals surface area contributed by atoms with Crippen LogP contribution in [-0.4, -0.2) is 21.6 Å². The Labute approximate surface area is 146 Å². The molecular weight excluding hydrogens is 355 g/mol. The summed E-state index contributed by atoms with van der Waals surface area (Å²) >= 11 is 0.724. The van der Waals surface area contributed by atoms with Crippen LogP contribution >= 0.6 is 11.8 Å². The van der Waals surface area contributed by atoms with E-state index >= 15 is 0 Å². The standard InChI is InChI=1S/C16H16F3N3O2S/c1-9(2)10-4-3-5-11(6-10)20-14(24)8-25-15-21-12(16(17,18)19)7-13(23)22-15/h3-7,9H,8H2,1-2H3,(H,20,24)(H,21,22,23). The third-order valence-electron chi connectivity index (χ3n) is 3.19. The smallest absolute Gasteiger partial charge is 0.325 e. The molecule has 9 heteroatoms. The van der Waals surface area contributed by atoms with E-state index in [9.17, 15) is 22.8 Å². The predicted molar refractivity (Wildman–Crippen MR) is 89.7 cm³/mol. The van der Waals surface area contributed by atoms with Crippen LogP contribution in [0.2, 0.25) is 0 Å². The molecule has 134 valence electrons. The monoisotopic (exact) mass is 371 g/mol. The van der Waals surface area contributed by atoms with Crippen molar-refractivity contribution < 1.29 is 18.0 Å². The van der Waals surface area contributed by atoms with Crippen molar-refractivity contribution in [1.29, 1.82) is 0 Å². The Kier molecular flexibility index (Phi) is 5.89. The van der Waals surface area contributed by atoms with E-state index in [4.69, 9.17) is 0 Å². The molecule has 1 aromatic carbocycles. The number of halogens is 3. The number of nitrogens with zero attached hydrogens (tertiary/aromatic N) is 1. The van der Waals surface area contributed by atoms with Crippen molar-refractivity contribution in [2.24, 2.45) is 0 Å². The van der Waals surface area contributed by atoms with Gasteiger partial charge in [0.15, 0.2) is 10.9 Å². The van der Waals surface area contributed by atoms with Crippen molar-refractivity contribution in [1.82, 2.24) is 9.97 Å². The van der Waals surface area contributed by atoms with Crippen LogP contribution < -0.4 is 10.9 Å². The Morgan fingerprint density at radius 3 is 2.68 bits per heavy atom. The first-order chi connectivity index (χ1) is 11.6. The van der Waals surface area contributed by atoms with Crippen molar-refractivity contribution in [2.45, 2.75) is 31.1 Å². The zero-order valence-electron chi connectivity index (χ0n) is 13.5. The van der Waals surface area contributed by atoms with E-state index in [1.807, 2.05) is 32.0 Å². The summed E-state index contributed by atoms with van der Waals surface area (Å²) in [7, 11) is 0. The topological polar surface area (TPSA) is 74.8 Å². The van der Waals surface area contributed by atoms with E-state index < -0.39 is 23.3 Å². The summed E-state index contributed by atoms with van der Waals surface area (Å²) in [4.78, 5) is 28.7. The second-order valence-corrected chi connectivity index (χ2v) is 6.51. The highest BCUT2D eigenvalue weighted by Gasteiger charge is 2.33. The molecule has 2 aromatic rings. The van der Waals surface area contributed by atoms with Gasteiger partial charge in [-0.3, -0.25) is 9.59 Å². The Bertz CT molecular complexity index is 819. The van der Waals surface area contributed by atoms with Crippen LogP contribution in [0.4, 0.5) is 18.9 Å². The van der Waals surface area contributed by atoms with Gasteiger partial charge in [0.2, 0.25) is 5.91 Å². The lowest BCUT2D eigenvalue weighted by Gasteiger charge is -2.10. The summed E-state index contributed by atoms with van der Waals surface area (Å²) < 4.78 is 37.9. The molecule has 0 aliphatic carbocycles. The molecule has 2 rings (SSSR count). The summed E-state index contributed by atoms with van der Waals surface area (Å²) in [6.45, 7) is 4.04. The number of nitrogens with one attached hydrogen (secondary N) is 2. The van der Waals surface area contributed by atoms with Crippen molar-refractivity contribution in [3.05, 3.63) is 51.9 Å². The van der Waals surface area contributed by atoms with Gasteiger partial charge in [-0.15, -0.1) is 0 Å². The molecule has 1 amide bonds. The van der Waals surface area contributed by atoms with Crippen molar-refractivity contribution in [3.63, 3.8) is 0 Å². The number of benzene rings is 1. The lowest BCUT2D eigenvalue weighted by Crippen LogP contribution is -2.18. The number of carbonyl (C=O) groups excluding carboxylic acids is 1. The minimum absolute atomic E-state index is 0.184. The van der Waals surface area contributed by atoms with Crippen LogP contribution in [0.3, 0.4) is 0 Å². The summed E-state index contributed by atoms with van der Waals surface area (Å²) in [5.74, 6) is -0.299. The summed E-state index contributed by atoms with van der Waals surface area (Å²) in [5, 5.41) is 2.41. The number of carbonyl (C=O) groups is 1. The van der Waals surface area contributed by atoms with Crippen molar-refractivity contribution in [3.8, 4) is 0 Å². The maximum atomic E-state index is 12.6. The third-order valence-corrected chi connectivity index (χ3v) is 4.06. The molecule has 1 aromatic heterocycles. The zero-order valence-corrected chi connectivity index (χ0v) is 14.3. The fourth-order valence-electron chi connectivity index (χ4n) is 1.96. The molecule has 25 heavy (non-hydrogen) atoms.